The molecule has 3 nitrogen and oxygen atoms in total. The largest absolute Gasteiger partial charge is 0.370 e. The van der Waals surface area contributed by atoms with Crippen molar-refractivity contribution in [1.82, 2.24) is 9.97 Å². The fourth-order valence-electron chi connectivity index (χ4n) is 2.82. The first-order chi connectivity index (χ1) is 10.2. The first kappa shape index (κ1) is 14.0. The van der Waals surface area contributed by atoms with Crippen molar-refractivity contribution in [2.24, 2.45) is 0 Å². The topological polar surface area (TPSA) is 37.8 Å². The van der Waals surface area contributed by atoms with E-state index >= 15 is 0 Å². The molecule has 0 spiro atoms. The number of anilines is 1. The summed E-state index contributed by atoms with van der Waals surface area (Å²) in [5, 5.41) is 3.41. The third-order valence-corrected chi connectivity index (χ3v) is 3.90. The summed E-state index contributed by atoms with van der Waals surface area (Å²) >= 11 is 0. The second-order valence-corrected chi connectivity index (χ2v) is 5.56. The lowest BCUT2D eigenvalue weighted by atomic mass is 10.1. The maximum absolute atomic E-state index is 13.3. The molecule has 1 aliphatic rings. The summed E-state index contributed by atoms with van der Waals surface area (Å²) in [5.41, 5.74) is 4.18. The molecule has 1 aromatic heterocycles. The lowest BCUT2D eigenvalue weighted by Gasteiger charge is -2.13. The number of fused-ring (bicyclic) bond motifs is 1. The molecule has 0 saturated carbocycles. The van der Waals surface area contributed by atoms with Crippen LogP contribution >= 0.6 is 0 Å². The van der Waals surface area contributed by atoms with Crippen LogP contribution in [0.3, 0.4) is 0 Å². The van der Waals surface area contributed by atoms with Crippen LogP contribution in [0.1, 0.15) is 36.6 Å². The number of benzene rings is 1. The van der Waals surface area contributed by atoms with E-state index in [1.165, 1.54) is 17.7 Å². The molecule has 0 unspecified atom stereocenters. The Morgan fingerprint density at radius 1 is 1.24 bits per heavy atom. The van der Waals surface area contributed by atoms with Gasteiger partial charge in [0.2, 0.25) is 0 Å². The summed E-state index contributed by atoms with van der Waals surface area (Å²) < 4.78 is 13.3. The normalized spacial score (nSPS) is 13.3. The van der Waals surface area contributed by atoms with E-state index in [9.17, 15) is 4.39 Å². The lowest BCUT2D eigenvalue weighted by molar-refractivity contribution is 0.627. The van der Waals surface area contributed by atoms with E-state index in [-0.39, 0.29) is 5.82 Å². The van der Waals surface area contributed by atoms with Gasteiger partial charge in [-0.1, -0.05) is 6.92 Å². The van der Waals surface area contributed by atoms with Crippen LogP contribution in [-0.4, -0.2) is 16.5 Å². The van der Waals surface area contributed by atoms with Gasteiger partial charge >= 0.3 is 0 Å². The predicted molar refractivity (Wildman–Crippen MR) is 83.0 cm³/mol. The Balaban J connectivity index is 2.06. The molecule has 1 aliphatic carbocycles. The number of nitrogens with zero attached hydrogens (tertiary/aromatic N) is 2. The monoisotopic (exact) mass is 285 g/mol. The molecule has 0 bridgehead atoms. The second kappa shape index (κ2) is 5.80. The number of aryl methyl sites for hydroxylation is 2. The quantitative estimate of drug-likeness (QED) is 0.925. The zero-order chi connectivity index (χ0) is 14.8. The number of hydrogen-bond acceptors (Lipinski definition) is 3. The van der Waals surface area contributed by atoms with Gasteiger partial charge in [0.25, 0.3) is 0 Å². The Kier molecular flexibility index (Phi) is 3.86. The Morgan fingerprint density at radius 2 is 2.10 bits per heavy atom. The van der Waals surface area contributed by atoms with Crippen LogP contribution in [-0.2, 0) is 12.8 Å². The van der Waals surface area contributed by atoms with Gasteiger partial charge in [0.15, 0.2) is 5.82 Å². The van der Waals surface area contributed by atoms with E-state index in [1.807, 2.05) is 6.92 Å². The van der Waals surface area contributed by atoms with Crippen molar-refractivity contribution in [3.8, 4) is 11.4 Å². The van der Waals surface area contributed by atoms with Crippen LogP contribution in [0.2, 0.25) is 0 Å². The third kappa shape index (κ3) is 2.75. The molecule has 3 rings (SSSR count). The summed E-state index contributed by atoms with van der Waals surface area (Å²) in [5.74, 6) is 1.44. The van der Waals surface area contributed by atoms with Crippen molar-refractivity contribution < 1.29 is 4.39 Å². The lowest BCUT2D eigenvalue weighted by Crippen LogP contribution is -2.08. The number of hydrogen-bond donors (Lipinski definition) is 1. The summed E-state index contributed by atoms with van der Waals surface area (Å²) in [6.07, 6.45) is 4.25. The molecule has 0 radical (unpaired) electrons. The standard InChI is InChI=1S/C17H20FN3/c1-3-9-19-16-14-5-4-6-15(14)20-17(21-16)13-8-7-12(18)10-11(13)2/h7-8,10H,3-6,9H2,1-2H3,(H,19,20,21). The van der Waals surface area contributed by atoms with Gasteiger partial charge in [0.1, 0.15) is 11.6 Å². The zero-order valence-corrected chi connectivity index (χ0v) is 12.5. The average Bonchev–Trinajstić information content (AvgIpc) is 2.93. The minimum absolute atomic E-state index is 0.221. The molecule has 0 saturated heterocycles. The van der Waals surface area contributed by atoms with Crippen LogP contribution in [0, 0.1) is 12.7 Å². The minimum Gasteiger partial charge on any atom is -0.370 e. The number of aromatic nitrogens is 2. The van der Waals surface area contributed by atoms with Crippen molar-refractivity contribution in [2.45, 2.75) is 39.5 Å². The average molecular weight is 285 g/mol. The first-order valence-corrected chi connectivity index (χ1v) is 7.59. The number of rotatable bonds is 4. The zero-order valence-electron chi connectivity index (χ0n) is 12.5. The molecule has 1 heterocycles. The van der Waals surface area contributed by atoms with Crippen LogP contribution in [0.15, 0.2) is 18.2 Å². The van der Waals surface area contributed by atoms with E-state index < -0.39 is 0 Å². The molecule has 2 aromatic rings. The van der Waals surface area contributed by atoms with Crippen LogP contribution in [0.5, 0.6) is 0 Å². The third-order valence-electron chi connectivity index (χ3n) is 3.90. The van der Waals surface area contributed by atoms with Crippen molar-refractivity contribution in [3.63, 3.8) is 0 Å². The molecule has 0 fully saturated rings. The van der Waals surface area contributed by atoms with Crippen molar-refractivity contribution >= 4 is 5.82 Å². The van der Waals surface area contributed by atoms with Gasteiger partial charge in [-0.05, 0) is 56.4 Å². The van der Waals surface area contributed by atoms with Gasteiger partial charge in [0.05, 0.1) is 0 Å². The molecule has 110 valence electrons. The van der Waals surface area contributed by atoms with E-state index in [0.29, 0.717) is 5.82 Å². The van der Waals surface area contributed by atoms with E-state index in [1.54, 1.807) is 6.07 Å². The molecule has 1 N–H and O–H groups in total. The summed E-state index contributed by atoms with van der Waals surface area (Å²) in [7, 11) is 0. The van der Waals surface area contributed by atoms with Crippen LogP contribution < -0.4 is 5.32 Å². The fourth-order valence-corrected chi connectivity index (χ4v) is 2.82. The van der Waals surface area contributed by atoms with Gasteiger partial charge in [-0.3, -0.25) is 0 Å². The van der Waals surface area contributed by atoms with Gasteiger partial charge in [0, 0.05) is 23.4 Å². The van der Waals surface area contributed by atoms with E-state index in [0.717, 1.165) is 54.9 Å². The van der Waals surface area contributed by atoms with Gasteiger partial charge < -0.3 is 5.32 Å². The molecule has 0 atom stereocenters. The van der Waals surface area contributed by atoms with Gasteiger partial charge in [-0.25, -0.2) is 14.4 Å². The SMILES string of the molecule is CCCNc1nc(-c2ccc(F)cc2C)nc2c1CCC2. The smallest absolute Gasteiger partial charge is 0.162 e. The molecule has 0 amide bonds. The molecular weight excluding hydrogens is 265 g/mol. The summed E-state index contributed by atoms with van der Waals surface area (Å²) in [6.45, 7) is 4.94. The Labute approximate surface area is 124 Å². The molecule has 4 heteroatoms. The maximum Gasteiger partial charge on any atom is 0.162 e. The Morgan fingerprint density at radius 3 is 2.86 bits per heavy atom. The van der Waals surface area contributed by atoms with Gasteiger partial charge in [-0.15, -0.1) is 0 Å². The summed E-state index contributed by atoms with van der Waals surface area (Å²) in [6, 6.07) is 4.77. The number of nitrogens with one attached hydrogen (secondary N) is 1. The first-order valence-electron chi connectivity index (χ1n) is 7.59. The van der Waals surface area contributed by atoms with Crippen molar-refractivity contribution in [1.29, 1.82) is 0 Å². The number of halogens is 1. The highest BCUT2D eigenvalue weighted by Crippen LogP contribution is 2.30. The minimum atomic E-state index is -0.221. The predicted octanol–water partition coefficient (Wildman–Crippen LogP) is 3.90. The van der Waals surface area contributed by atoms with Crippen molar-refractivity contribution in [3.05, 3.63) is 40.8 Å². The molecular formula is C17H20FN3. The Bertz CT molecular complexity index is 667. The van der Waals surface area contributed by atoms with E-state index in [4.69, 9.17) is 9.97 Å². The van der Waals surface area contributed by atoms with E-state index in [2.05, 4.69) is 12.2 Å². The second-order valence-electron chi connectivity index (χ2n) is 5.56. The van der Waals surface area contributed by atoms with Gasteiger partial charge in [-0.2, -0.15) is 0 Å². The highest BCUT2D eigenvalue weighted by Gasteiger charge is 2.20. The van der Waals surface area contributed by atoms with Crippen LogP contribution in [0.25, 0.3) is 11.4 Å². The fraction of sp³-hybridized carbons (Fsp3) is 0.412. The molecule has 21 heavy (non-hydrogen) atoms. The molecule has 0 aliphatic heterocycles. The van der Waals surface area contributed by atoms with Crippen LogP contribution in [0.4, 0.5) is 10.2 Å². The highest BCUT2D eigenvalue weighted by atomic mass is 19.1. The highest BCUT2D eigenvalue weighted by molar-refractivity contribution is 5.63. The molecule has 1 aromatic carbocycles. The Hall–Kier alpha value is -1.97. The maximum atomic E-state index is 13.3. The van der Waals surface area contributed by atoms with Crippen molar-refractivity contribution in [2.75, 3.05) is 11.9 Å². The summed E-state index contributed by atoms with van der Waals surface area (Å²) in [4.78, 5) is 9.41.